The number of rotatable bonds is 4. The van der Waals surface area contributed by atoms with Crippen molar-refractivity contribution < 1.29 is 14.0 Å². The van der Waals surface area contributed by atoms with E-state index in [1.807, 2.05) is 6.92 Å². The average molecular weight is 368 g/mol. The van der Waals surface area contributed by atoms with Crippen LogP contribution in [0.3, 0.4) is 0 Å². The molecule has 0 aliphatic carbocycles. The summed E-state index contributed by atoms with van der Waals surface area (Å²) in [6.07, 6.45) is 4.86. The van der Waals surface area contributed by atoms with Crippen molar-refractivity contribution in [1.29, 1.82) is 0 Å². The second-order valence-electron chi connectivity index (χ2n) is 6.62. The fourth-order valence-corrected chi connectivity index (χ4v) is 3.36. The van der Waals surface area contributed by atoms with Gasteiger partial charge in [-0.3, -0.25) is 14.0 Å². The van der Waals surface area contributed by atoms with Crippen molar-refractivity contribution in [3.05, 3.63) is 42.2 Å². The van der Waals surface area contributed by atoms with Gasteiger partial charge in [-0.1, -0.05) is 0 Å². The molecule has 0 saturated carbocycles. The Morgan fingerprint density at radius 1 is 1.44 bits per heavy atom. The van der Waals surface area contributed by atoms with Crippen LogP contribution in [0.5, 0.6) is 0 Å². The molecular weight excluding hydrogens is 348 g/mol. The summed E-state index contributed by atoms with van der Waals surface area (Å²) in [5, 5.41) is 6.37. The molecule has 0 bridgehead atoms. The van der Waals surface area contributed by atoms with Gasteiger partial charge in [0.05, 0.1) is 12.0 Å². The molecular formula is C18H20N6O3. The highest BCUT2D eigenvalue weighted by Gasteiger charge is 2.25. The standard InChI is InChI=1S/C18H20N6O3/c1-10-11(4-2-6-20-10)23-18(26)12-8-13(14-5-3-7-27-14)24-9-21-15(16(19)25)17(24)22-12/h3,5,7-11,20H,2,4,6H2,1H3,(H2,19,25)(H,23,26). The van der Waals surface area contributed by atoms with Crippen LogP contribution in [0.25, 0.3) is 17.1 Å². The highest BCUT2D eigenvalue weighted by atomic mass is 16.3. The van der Waals surface area contributed by atoms with E-state index in [2.05, 4.69) is 20.6 Å². The number of primary amides is 1. The zero-order chi connectivity index (χ0) is 19.0. The van der Waals surface area contributed by atoms with Gasteiger partial charge in [0.2, 0.25) is 0 Å². The van der Waals surface area contributed by atoms with Gasteiger partial charge in [-0.05, 0) is 44.5 Å². The number of amides is 2. The van der Waals surface area contributed by atoms with Crippen molar-refractivity contribution >= 4 is 17.5 Å². The molecule has 0 spiro atoms. The summed E-state index contributed by atoms with van der Waals surface area (Å²) in [5.41, 5.74) is 6.36. The molecule has 9 nitrogen and oxygen atoms in total. The van der Waals surface area contributed by atoms with E-state index in [9.17, 15) is 9.59 Å². The molecule has 4 rings (SSSR count). The summed E-state index contributed by atoms with van der Waals surface area (Å²) in [5.74, 6) is -0.502. The number of hydrogen-bond donors (Lipinski definition) is 3. The first-order valence-corrected chi connectivity index (χ1v) is 8.80. The highest BCUT2D eigenvalue weighted by Crippen LogP contribution is 2.23. The molecule has 0 aromatic carbocycles. The Bertz CT molecular complexity index is 994. The molecule has 2 amide bonds. The zero-order valence-electron chi connectivity index (χ0n) is 14.8. The Morgan fingerprint density at radius 3 is 3.00 bits per heavy atom. The van der Waals surface area contributed by atoms with E-state index in [4.69, 9.17) is 10.2 Å². The summed E-state index contributed by atoms with van der Waals surface area (Å²) in [6.45, 7) is 2.98. The third-order valence-corrected chi connectivity index (χ3v) is 4.82. The molecule has 2 atom stereocenters. The van der Waals surface area contributed by atoms with Gasteiger partial charge in [0.25, 0.3) is 11.8 Å². The molecule has 4 N–H and O–H groups in total. The maximum atomic E-state index is 12.8. The molecule has 9 heteroatoms. The third-order valence-electron chi connectivity index (χ3n) is 4.82. The zero-order valence-corrected chi connectivity index (χ0v) is 14.8. The Morgan fingerprint density at radius 2 is 2.30 bits per heavy atom. The molecule has 27 heavy (non-hydrogen) atoms. The Balaban J connectivity index is 1.77. The summed E-state index contributed by atoms with van der Waals surface area (Å²) >= 11 is 0. The monoisotopic (exact) mass is 368 g/mol. The predicted octanol–water partition coefficient (Wildman–Crippen LogP) is 0.958. The van der Waals surface area contributed by atoms with Gasteiger partial charge >= 0.3 is 0 Å². The van der Waals surface area contributed by atoms with Crippen LogP contribution < -0.4 is 16.4 Å². The van der Waals surface area contributed by atoms with Crippen molar-refractivity contribution in [1.82, 2.24) is 25.0 Å². The first-order chi connectivity index (χ1) is 13.0. The van der Waals surface area contributed by atoms with Crippen molar-refractivity contribution in [3.8, 4) is 11.5 Å². The molecule has 0 radical (unpaired) electrons. The second kappa shape index (κ2) is 6.84. The van der Waals surface area contributed by atoms with Crippen molar-refractivity contribution in [2.45, 2.75) is 31.8 Å². The molecule has 1 aliphatic rings. The SMILES string of the molecule is CC1NCCCC1NC(=O)c1cc(-c2ccco2)n2cnc(C(N)=O)c2n1. The molecule has 4 heterocycles. The molecule has 2 unspecified atom stereocenters. The largest absolute Gasteiger partial charge is 0.463 e. The number of piperidine rings is 1. The number of nitrogens with one attached hydrogen (secondary N) is 2. The quantitative estimate of drug-likeness (QED) is 0.629. The first kappa shape index (κ1) is 17.2. The topological polar surface area (TPSA) is 128 Å². The molecule has 140 valence electrons. The van der Waals surface area contributed by atoms with Gasteiger partial charge in [0.15, 0.2) is 17.1 Å². The van der Waals surface area contributed by atoms with Gasteiger partial charge in [-0.25, -0.2) is 9.97 Å². The van der Waals surface area contributed by atoms with E-state index in [1.54, 1.807) is 22.6 Å². The lowest BCUT2D eigenvalue weighted by Gasteiger charge is -2.30. The smallest absolute Gasteiger partial charge is 0.271 e. The van der Waals surface area contributed by atoms with Crippen LogP contribution in [-0.4, -0.2) is 44.8 Å². The van der Waals surface area contributed by atoms with Crippen LogP contribution in [-0.2, 0) is 0 Å². The van der Waals surface area contributed by atoms with E-state index < -0.39 is 5.91 Å². The summed E-state index contributed by atoms with van der Waals surface area (Å²) in [4.78, 5) is 32.9. The van der Waals surface area contributed by atoms with E-state index >= 15 is 0 Å². The van der Waals surface area contributed by atoms with Gasteiger partial charge in [0, 0.05) is 12.1 Å². The van der Waals surface area contributed by atoms with Crippen LogP contribution in [0.4, 0.5) is 0 Å². The normalized spacial score (nSPS) is 19.9. The van der Waals surface area contributed by atoms with E-state index in [0.29, 0.717) is 11.5 Å². The number of nitrogens with zero attached hydrogens (tertiary/aromatic N) is 3. The maximum absolute atomic E-state index is 12.8. The molecule has 3 aromatic rings. The van der Waals surface area contributed by atoms with Gasteiger partial charge in [-0.2, -0.15) is 0 Å². The predicted molar refractivity (Wildman–Crippen MR) is 97.2 cm³/mol. The van der Waals surface area contributed by atoms with Crippen LogP contribution in [0, 0.1) is 0 Å². The van der Waals surface area contributed by atoms with Gasteiger partial charge < -0.3 is 20.8 Å². The van der Waals surface area contributed by atoms with E-state index in [1.165, 1.54) is 12.6 Å². The first-order valence-electron chi connectivity index (χ1n) is 8.80. The Kier molecular flexibility index (Phi) is 4.36. The minimum absolute atomic E-state index is 0.00478. The van der Waals surface area contributed by atoms with Crippen molar-refractivity contribution in [2.24, 2.45) is 5.73 Å². The number of imidazole rings is 1. The Hall–Kier alpha value is -3.20. The Labute approximate surface area is 155 Å². The highest BCUT2D eigenvalue weighted by molar-refractivity contribution is 5.99. The fraction of sp³-hybridized carbons (Fsp3) is 0.333. The molecule has 1 saturated heterocycles. The maximum Gasteiger partial charge on any atom is 0.271 e. The number of fused-ring (bicyclic) bond motifs is 1. The lowest BCUT2D eigenvalue weighted by atomic mass is 10.00. The lowest BCUT2D eigenvalue weighted by molar-refractivity contribution is 0.0913. The van der Waals surface area contributed by atoms with Gasteiger partial charge in [-0.15, -0.1) is 0 Å². The van der Waals surface area contributed by atoms with Crippen LogP contribution in [0.15, 0.2) is 35.2 Å². The number of carbonyl (C=O) groups is 2. The summed E-state index contributed by atoms with van der Waals surface area (Å²) in [7, 11) is 0. The number of carbonyl (C=O) groups excluding carboxylic acids is 2. The van der Waals surface area contributed by atoms with E-state index in [-0.39, 0.29) is 35.0 Å². The lowest BCUT2D eigenvalue weighted by Crippen LogP contribution is -2.52. The minimum Gasteiger partial charge on any atom is -0.463 e. The fourth-order valence-electron chi connectivity index (χ4n) is 3.36. The van der Waals surface area contributed by atoms with Crippen LogP contribution >= 0.6 is 0 Å². The summed E-state index contributed by atoms with van der Waals surface area (Å²) < 4.78 is 7.05. The van der Waals surface area contributed by atoms with Crippen LogP contribution in [0.1, 0.15) is 40.7 Å². The number of furan rings is 1. The third kappa shape index (κ3) is 3.17. The van der Waals surface area contributed by atoms with Crippen LogP contribution in [0.2, 0.25) is 0 Å². The average Bonchev–Trinajstić information content (AvgIpc) is 3.32. The molecule has 1 aliphatic heterocycles. The second-order valence-corrected chi connectivity index (χ2v) is 6.62. The van der Waals surface area contributed by atoms with Crippen molar-refractivity contribution in [2.75, 3.05) is 6.54 Å². The number of aromatic nitrogens is 3. The van der Waals surface area contributed by atoms with Gasteiger partial charge in [0.1, 0.15) is 12.0 Å². The summed E-state index contributed by atoms with van der Waals surface area (Å²) in [6, 6.07) is 5.30. The molecule has 1 fully saturated rings. The minimum atomic E-state index is -0.710. The molecule has 3 aromatic heterocycles. The number of nitrogens with two attached hydrogens (primary N) is 1. The van der Waals surface area contributed by atoms with E-state index in [0.717, 1.165) is 19.4 Å². The van der Waals surface area contributed by atoms with Crippen molar-refractivity contribution in [3.63, 3.8) is 0 Å². The number of hydrogen-bond acceptors (Lipinski definition) is 6.